The van der Waals surface area contributed by atoms with Crippen molar-refractivity contribution in [3.63, 3.8) is 0 Å². The zero-order valence-corrected chi connectivity index (χ0v) is 8.88. The summed E-state index contributed by atoms with van der Waals surface area (Å²) in [5.74, 6) is -1.28. The molecule has 1 aliphatic heterocycles. The first-order valence-electron chi connectivity index (χ1n) is 4.08. The summed E-state index contributed by atoms with van der Waals surface area (Å²) in [6, 6.07) is 6.92. The number of carboxylic acids is 1. The number of hydrogen-bond acceptors (Lipinski definition) is 3. The highest BCUT2D eigenvalue weighted by Gasteiger charge is 2.44. The molecule has 2 N–H and O–H groups in total. The number of aliphatic imine (C=N–C) groups is 1. The van der Waals surface area contributed by atoms with Crippen molar-refractivity contribution in [2.45, 2.75) is 5.00 Å². The highest BCUT2D eigenvalue weighted by Crippen LogP contribution is 2.36. The highest BCUT2D eigenvalue weighted by molar-refractivity contribution is 6.76. The number of carboxylic acid groups (broad SMARTS) is 1. The summed E-state index contributed by atoms with van der Waals surface area (Å²) < 4.78 is 0. The van der Waals surface area contributed by atoms with Crippen molar-refractivity contribution >= 4 is 45.7 Å². The fourth-order valence-electron chi connectivity index (χ4n) is 1.24. The van der Waals surface area contributed by atoms with Crippen LogP contribution >= 0.6 is 23.2 Å². The van der Waals surface area contributed by atoms with Crippen LogP contribution in [0.4, 0.5) is 11.4 Å². The van der Waals surface area contributed by atoms with Crippen molar-refractivity contribution in [2.75, 3.05) is 5.32 Å². The van der Waals surface area contributed by atoms with E-state index in [-0.39, 0.29) is 5.17 Å². The molecule has 1 heterocycles. The predicted molar refractivity (Wildman–Crippen MR) is 59.2 cm³/mol. The second-order valence-electron chi connectivity index (χ2n) is 3.01. The molecule has 0 aromatic heterocycles. The van der Waals surface area contributed by atoms with Crippen LogP contribution in [0.3, 0.4) is 0 Å². The van der Waals surface area contributed by atoms with E-state index in [0.717, 1.165) is 0 Å². The van der Waals surface area contributed by atoms with Crippen molar-refractivity contribution in [1.82, 2.24) is 0 Å². The smallest absolute Gasteiger partial charge is 0.352 e. The molecule has 0 amide bonds. The number of fused-ring (bicyclic) bond motifs is 1. The first-order chi connectivity index (χ1) is 7.04. The van der Waals surface area contributed by atoms with Crippen molar-refractivity contribution in [3.05, 3.63) is 24.3 Å². The maximum atomic E-state index is 10.9. The number of carbonyl (C=O) groups is 1. The number of aliphatic carboxylic acids is 1. The Balaban J connectivity index is 2.53. The van der Waals surface area contributed by atoms with E-state index >= 15 is 0 Å². The Hall–Kier alpha value is -1.26. The van der Waals surface area contributed by atoms with Crippen LogP contribution in [-0.4, -0.2) is 21.2 Å². The zero-order chi connectivity index (χ0) is 11.1. The van der Waals surface area contributed by atoms with Crippen LogP contribution in [0.2, 0.25) is 0 Å². The molecule has 1 unspecified atom stereocenters. The number of nitrogens with one attached hydrogen (secondary N) is 1. The quantitative estimate of drug-likeness (QED) is 0.589. The van der Waals surface area contributed by atoms with Crippen LogP contribution in [0.25, 0.3) is 0 Å². The standard InChI is InChI=1S/C9H6Cl2N2O2/c10-7-9(11,8(14)15)13-6-4-2-1-3-5(6)12-7/h1-4,13H,(H,14,15). The lowest BCUT2D eigenvalue weighted by Crippen LogP contribution is -2.47. The minimum Gasteiger partial charge on any atom is -0.478 e. The van der Waals surface area contributed by atoms with Crippen LogP contribution < -0.4 is 5.32 Å². The second-order valence-corrected chi connectivity index (χ2v) is 3.93. The van der Waals surface area contributed by atoms with E-state index in [1.54, 1.807) is 24.3 Å². The molecule has 1 atom stereocenters. The van der Waals surface area contributed by atoms with E-state index in [4.69, 9.17) is 28.3 Å². The predicted octanol–water partition coefficient (Wildman–Crippen LogP) is 2.40. The van der Waals surface area contributed by atoms with Crippen LogP contribution in [-0.2, 0) is 4.79 Å². The number of halogens is 2. The van der Waals surface area contributed by atoms with Crippen molar-refractivity contribution in [2.24, 2.45) is 4.99 Å². The van der Waals surface area contributed by atoms with Crippen LogP contribution in [0.5, 0.6) is 0 Å². The van der Waals surface area contributed by atoms with Gasteiger partial charge in [0.1, 0.15) is 0 Å². The Morgan fingerprint density at radius 1 is 1.47 bits per heavy atom. The normalized spacial score (nSPS) is 23.7. The number of hydrogen-bond donors (Lipinski definition) is 2. The maximum absolute atomic E-state index is 10.9. The largest absolute Gasteiger partial charge is 0.478 e. The third-order valence-corrected chi connectivity index (χ3v) is 2.91. The van der Waals surface area contributed by atoms with Gasteiger partial charge in [-0.3, -0.25) is 0 Å². The molecule has 1 aromatic carbocycles. The minimum absolute atomic E-state index is 0.199. The number of rotatable bonds is 1. The highest BCUT2D eigenvalue weighted by atomic mass is 35.5. The fourth-order valence-corrected chi connectivity index (χ4v) is 1.60. The lowest BCUT2D eigenvalue weighted by molar-refractivity contribution is -0.137. The fraction of sp³-hybridized carbons (Fsp3) is 0.111. The van der Waals surface area contributed by atoms with Crippen LogP contribution in [0.15, 0.2) is 29.3 Å². The van der Waals surface area contributed by atoms with Gasteiger partial charge in [0, 0.05) is 0 Å². The molecule has 1 aromatic rings. The van der Waals surface area contributed by atoms with Crippen LogP contribution in [0, 0.1) is 0 Å². The number of nitrogens with zero attached hydrogens (tertiary/aromatic N) is 1. The topological polar surface area (TPSA) is 61.7 Å². The van der Waals surface area contributed by atoms with Gasteiger partial charge in [-0.15, -0.1) is 0 Å². The summed E-state index contributed by atoms with van der Waals surface area (Å²) in [6.07, 6.45) is 0. The number of anilines is 1. The van der Waals surface area contributed by atoms with Gasteiger partial charge >= 0.3 is 5.97 Å². The molecule has 0 spiro atoms. The summed E-state index contributed by atoms with van der Waals surface area (Å²) in [5, 5.41) is 11.4. The summed E-state index contributed by atoms with van der Waals surface area (Å²) in [5.41, 5.74) is 1.11. The summed E-state index contributed by atoms with van der Waals surface area (Å²) in [4.78, 5) is 13.0. The first kappa shape index (κ1) is 10.3. The van der Waals surface area contributed by atoms with E-state index in [1.165, 1.54) is 0 Å². The van der Waals surface area contributed by atoms with Gasteiger partial charge in [0.25, 0.3) is 5.00 Å². The average molecular weight is 245 g/mol. The van der Waals surface area contributed by atoms with Crippen molar-refractivity contribution in [1.29, 1.82) is 0 Å². The maximum Gasteiger partial charge on any atom is 0.352 e. The monoisotopic (exact) mass is 244 g/mol. The van der Waals surface area contributed by atoms with Gasteiger partial charge in [0.05, 0.1) is 11.4 Å². The Morgan fingerprint density at radius 2 is 2.13 bits per heavy atom. The molecule has 0 saturated carbocycles. The summed E-state index contributed by atoms with van der Waals surface area (Å²) in [7, 11) is 0. The molecular formula is C9H6Cl2N2O2. The Morgan fingerprint density at radius 3 is 2.80 bits per heavy atom. The van der Waals surface area contributed by atoms with Gasteiger partial charge in [-0.05, 0) is 12.1 Å². The summed E-state index contributed by atoms with van der Waals surface area (Å²) in [6.45, 7) is 0. The summed E-state index contributed by atoms with van der Waals surface area (Å²) >= 11 is 11.5. The molecule has 0 aliphatic carbocycles. The molecule has 6 heteroatoms. The van der Waals surface area contributed by atoms with E-state index in [0.29, 0.717) is 11.4 Å². The van der Waals surface area contributed by atoms with E-state index in [9.17, 15) is 4.79 Å². The number of benzene rings is 1. The lowest BCUT2D eigenvalue weighted by Gasteiger charge is -2.27. The molecule has 2 rings (SSSR count). The molecule has 0 bridgehead atoms. The Labute approximate surface area is 95.5 Å². The second kappa shape index (κ2) is 3.40. The van der Waals surface area contributed by atoms with E-state index in [1.807, 2.05) is 0 Å². The molecule has 15 heavy (non-hydrogen) atoms. The third kappa shape index (κ3) is 1.56. The Kier molecular flexibility index (Phi) is 2.32. The lowest BCUT2D eigenvalue weighted by atomic mass is 10.2. The Bertz CT molecular complexity index is 461. The number of alkyl halides is 1. The van der Waals surface area contributed by atoms with Gasteiger partial charge in [0.2, 0.25) is 0 Å². The molecule has 0 fully saturated rings. The van der Waals surface area contributed by atoms with Crippen molar-refractivity contribution in [3.8, 4) is 0 Å². The third-order valence-electron chi connectivity index (χ3n) is 2.01. The van der Waals surface area contributed by atoms with Crippen LogP contribution in [0.1, 0.15) is 0 Å². The minimum atomic E-state index is -1.87. The van der Waals surface area contributed by atoms with Crippen molar-refractivity contribution < 1.29 is 9.90 Å². The first-order valence-corrected chi connectivity index (χ1v) is 4.84. The molecule has 78 valence electrons. The van der Waals surface area contributed by atoms with Gasteiger partial charge < -0.3 is 10.4 Å². The molecule has 4 nitrogen and oxygen atoms in total. The van der Waals surface area contributed by atoms with Gasteiger partial charge in [-0.2, -0.15) is 0 Å². The van der Waals surface area contributed by atoms with Gasteiger partial charge in [-0.1, -0.05) is 35.3 Å². The van der Waals surface area contributed by atoms with Gasteiger partial charge in [-0.25, -0.2) is 9.79 Å². The molecule has 1 aliphatic rings. The van der Waals surface area contributed by atoms with E-state index < -0.39 is 11.0 Å². The number of para-hydroxylation sites is 2. The average Bonchev–Trinajstić information content (AvgIpc) is 2.19. The molecule has 0 radical (unpaired) electrons. The zero-order valence-electron chi connectivity index (χ0n) is 7.37. The van der Waals surface area contributed by atoms with Gasteiger partial charge in [0.15, 0.2) is 5.17 Å². The molecular weight excluding hydrogens is 239 g/mol. The SMILES string of the molecule is O=C(O)C1(Cl)Nc2ccccc2N=C1Cl. The molecule has 0 saturated heterocycles. The van der Waals surface area contributed by atoms with E-state index in [2.05, 4.69) is 10.3 Å².